The molecule has 0 radical (unpaired) electrons. The maximum Gasteiger partial charge on any atom is 0.341 e. The molecule has 16 heavy (non-hydrogen) atoms. The van der Waals surface area contributed by atoms with Crippen LogP contribution in [-0.2, 0) is 4.74 Å². The highest BCUT2D eigenvalue weighted by Gasteiger charge is 2.16. The summed E-state index contributed by atoms with van der Waals surface area (Å²) in [7, 11) is 2.51. The van der Waals surface area contributed by atoms with Gasteiger partial charge in [-0.05, 0) is 6.07 Å². The smallest absolute Gasteiger partial charge is 0.341 e. The zero-order chi connectivity index (χ0) is 12.1. The van der Waals surface area contributed by atoms with Crippen molar-refractivity contribution in [1.82, 2.24) is 0 Å². The fourth-order valence-electron chi connectivity index (χ4n) is 1.17. The van der Waals surface area contributed by atoms with Crippen molar-refractivity contribution < 1.29 is 23.9 Å². The van der Waals surface area contributed by atoms with Crippen LogP contribution in [0.5, 0.6) is 5.75 Å². The van der Waals surface area contributed by atoms with Crippen molar-refractivity contribution in [1.29, 1.82) is 0 Å². The summed E-state index contributed by atoms with van der Waals surface area (Å²) < 4.78 is 22.7. The maximum atomic E-state index is 13.3. The second-order valence-electron chi connectivity index (χ2n) is 2.81. The van der Waals surface area contributed by atoms with Gasteiger partial charge in [-0.15, -0.1) is 0 Å². The number of rotatable bonds is 3. The number of hydrogen-bond acceptors (Lipinski definition) is 5. The lowest BCUT2D eigenvalue weighted by molar-refractivity contribution is 0.0597. The van der Waals surface area contributed by atoms with Gasteiger partial charge in [-0.1, -0.05) is 5.16 Å². The average molecular weight is 227 g/mol. The molecule has 0 aliphatic heterocycles. The number of nitrogens with zero attached hydrogens (tertiary/aromatic N) is 1. The van der Waals surface area contributed by atoms with Crippen molar-refractivity contribution in [2.24, 2.45) is 5.16 Å². The zero-order valence-electron chi connectivity index (χ0n) is 8.73. The first-order valence-electron chi connectivity index (χ1n) is 4.27. The van der Waals surface area contributed by atoms with Gasteiger partial charge in [0.05, 0.1) is 20.4 Å². The van der Waals surface area contributed by atoms with E-state index < -0.39 is 11.8 Å². The first kappa shape index (κ1) is 12.0. The van der Waals surface area contributed by atoms with Crippen molar-refractivity contribution in [2.75, 3.05) is 14.2 Å². The Morgan fingerprint density at radius 2 is 2.19 bits per heavy atom. The van der Waals surface area contributed by atoms with Crippen molar-refractivity contribution in [3.05, 3.63) is 29.1 Å². The number of halogens is 1. The molecule has 0 unspecified atom stereocenters. The molecule has 0 saturated heterocycles. The largest absolute Gasteiger partial charge is 0.496 e. The predicted octanol–water partition coefficient (Wildman–Crippen LogP) is 1.43. The third-order valence-electron chi connectivity index (χ3n) is 1.92. The quantitative estimate of drug-likeness (QED) is 0.367. The molecule has 1 N–H and O–H groups in total. The molecule has 0 amide bonds. The second kappa shape index (κ2) is 5.11. The van der Waals surface area contributed by atoms with Gasteiger partial charge in [0.25, 0.3) is 0 Å². The van der Waals surface area contributed by atoms with Crippen molar-refractivity contribution in [2.45, 2.75) is 0 Å². The number of oxime groups is 1. The zero-order valence-corrected chi connectivity index (χ0v) is 8.73. The summed E-state index contributed by atoms with van der Waals surface area (Å²) in [6, 6.07) is 2.20. The molecule has 0 bridgehead atoms. The molecular formula is C10H10FNO4. The van der Waals surface area contributed by atoms with E-state index in [4.69, 9.17) is 9.94 Å². The number of ether oxygens (including phenoxy) is 2. The monoisotopic (exact) mass is 227 g/mol. The first-order chi connectivity index (χ1) is 7.63. The molecule has 5 nitrogen and oxygen atoms in total. The Balaban J connectivity index is 3.34. The molecule has 0 aromatic heterocycles. The van der Waals surface area contributed by atoms with E-state index in [0.29, 0.717) is 0 Å². The fraction of sp³-hybridized carbons (Fsp3) is 0.200. The van der Waals surface area contributed by atoms with Gasteiger partial charge < -0.3 is 14.7 Å². The Morgan fingerprint density at radius 1 is 1.50 bits per heavy atom. The molecule has 0 spiro atoms. The summed E-state index contributed by atoms with van der Waals surface area (Å²) in [6.45, 7) is 0. The van der Waals surface area contributed by atoms with E-state index in [0.717, 1.165) is 12.3 Å². The first-order valence-corrected chi connectivity index (χ1v) is 4.27. The molecule has 0 aliphatic rings. The Bertz CT molecular complexity index is 431. The summed E-state index contributed by atoms with van der Waals surface area (Å²) in [6.07, 6.45) is 0.876. The molecule has 1 aromatic carbocycles. The maximum absolute atomic E-state index is 13.3. The summed E-state index contributed by atoms with van der Waals surface area (Å²) in [5, 5.41) is 11.0. The van der Waals surface area contributed by atoms with E-state index in [1.54, 1.807) is 0 Å². The van der Waals surface area contributed by atoms with E-state index in [-0.39, 0.29) is 16.9 Å². The Morgan fingerprint density at radius 3 is 2.69 bits per heavy atom. The van der Waals surface area contributed by atoms with Crippen molar-refractivity contribution >= 4 is 12.2 Å². The minimum Gasteiger partial charge on any atom is -0.496 e. The van der Waals surface area contributed by atoms with Gasteiger partial charge in [-0.2, -0.15) is 0 Å². The molecule has 0 atom stereocenters. The minimum absolute atomic E-state index is 0.0382. The summed E-state index contributed by atoms with van der Waals surface area (Å²) >= 11 is 0. The van der Waals surface area contributed by atoms with E-state index in [1.807, 2.05) is 0 Å². The fourth-order valence-corrected chi connectivity index (χ4v) is 1.17. The third kappa shape index (κ3) is 2.28. The summed E-state index contributed by atoms with van der Waals surface area (Å²) in [4.78, 5) is 11.3. The van der Waals surface area contributed by atoms with Crippen LogP contribution in [0.3, 0.4) is 0 Å². The highest BCUT2D eigenvalue weighted by atomic mass is 19.1. The van der Waals surface area contributed by atoms with Crippen LogP contribution in [0.25, 0.3) is 0 Å². The van der Waals surface area contributed by atoms with E-state index in [9.17, 15) is 9.18 Å². The number of carbonyl (C=O) groups is 1. The molecule has 1 rings (SSSR count). The van der Waals surface area contributed by atoms with Crippen LogP contribution in [0.15, 0.2) is 17.3 Å². The minimum atomic E-state index is -0.665. The molecule has 1 aromatic rings. The third-order valence-corrected chi connectivity index (χ3v) is 1.92. The summed E-state index contributed by atoms with van der Waals surface area (Å²) in [5.74, 6) is -1.27. The van der Waals surface area contributed by atoms with Gasteiger partial charge in [0.2, 0.25) is 0 Å². The van der Waals surface area contributed by atoms with Crippen LogP contribution < -0.4 is 4.74 Å². The Labute approximate surface area is 91.1 Å². The number of esters is 1. The normalized spacial score (nSPS) is 10.4. The molecule has 0 aliphatic carbocycles. The van der Waals surface area contributed by atoms with E-state index in [1.165, 1.54) is 20.3 Å². The second-order valence-corrected chi connectivity index (χ2v) is 2.81. The van der Waals surface area contributed by atoms with Crippen LogP contribution in [0.1, 0.15) is 15.9 Å². The van der Waals surface area contributed by atoms with Crippen LogP contribution >= 0.6 is 0 Å². The van der Waals surface area contributed by atoms with Gasteiger partial charge in [0.15, 0.2) is 0 Å². The van der Waals surface area contributed by atoms with Crippen LogP contribution in [0.4, 0.5) is 4.39 Å². The molecule has 86 valence electrons. The molecule has 0 saturated carbocycles. The molecular weight excluding hydrogens is 217 g/mol. The lowest BCUT2D eigenvalue weighted by atomic mass is 10.1. The van der Waals surface area contributed by atoms with Crippen molar-refractivity contribution in [3.63, 3.8) is 0 Å². The van der Waals surface area contributed by atoms with E-state index in [2.05, 4.69) is 9.89 Å². The molecule has 6 heteroatoms. The standard InChI is InChI=1S/C10H10FNO4/c1-15-9-4-8(11)6(5-12-14)3-7(9)10(13)16-2/h3-5,14H,1-2H3/b12-5+. The molecule has 0 heterocycles. The summed E-state index contributed by atoms with van der Waals surface area (Å²) in [5.41, 5.74) is 0.0185. The lowest BCUT2D eigenvalue weighted by Gasteiger charge is -2.08. The van der Waals surface area contributed by atoms with Crippen LogP contribution in [0, 0.1) is 5.82 Å². The average Bonchev–Trinajstić information content (AvgIpc) is 2.30. The van der Waals surface area contributed by atoms with Gasteiger partial charge in [-0.3, -0.25) is 0 Å². The van der Waals surface area contributed by atoms with Gasteiger partial charge in [-0.25, -0.2) is 9.18 Å². The number of benzene rings is 1. The predicted molar refractivity (Wildman–Crippen MR) is 53.7 cm³/mol. The highest BCUT2D eigenvalue weighted by molar-refractivity contribution is 5.95. The molecule has 0 fully saturated rings. The number of carbonyl (C=O) groups excluding carboxylic acids is 1. The van der Waals surface area contributed by atoms with Gasteiger partial charge in [0, 0.05) is 11.6 Å². The van der Waals surface area contributed by atoms with Gasteiger partial charge in [0.1, 0.15) is 17.1 Å². The SMILES string of the molecule is COC(=O)c1cc(/C=N/O)c(F)cc1OC. The number of methoxy groups -OCH3 is 2. The van der Waals surface area contributed by atoms with Crippen LogP contribution in [0.2, 0.25) is 0 Å². The van der Waals surface area contributed by atoms with Crippen LogP contribution in [-0.4, -0.2) is 31.6 Å². The van der Waals surface area contributed by atoms with Gasteiger partial charge >= 0.3 is 5.97 Å². The Kier molecular flexibility index (Phi) is 3.82. The topological polar surface area (TPSA) is 68.1 Å². The Hall–Kier alpha value is -2.11. The highest BCUT2D eigenvalue weighted by Crippen LogP contribution is 2.22. The lowest BCUT2D eigenvalue weighted by Crippen LogP contribution is -2.06. The van der Waals surface area contributed by atoms with E-state index >= 15 is 0 Å². The number of hydrogen-bond donors (Lipinski definition) is 1. The van der Waals surface area contributed by atoms with Crippen molar-refractivity contribution in [3.8, 4) is 5.75 Å².